The molecule has 1 amide bonds. The number of aryl methyl sites for hydroxylation is 2. The first-order valence-electron chi connectivity index (χ1n) is 15.1. The molecule has 3 aliphatic rings. The summed E-state index contributed by atoms with van der Waals surface area (Å²) in [7, 11) is 0. The lowest BCUT2D eigenvalue weighted by atomic mass is 9.92. The highest BCUT2D eigenvalue weighted by molar-refractivity contribution is 5.76. The molecule has 0 N–H and O–H groups in total. The van der Waals surface area contributed by atoms with E-state index in [1.54, 1.807) is 0 Å². The van der Waals surface area contributed by atoms with Crippen molar-refractivity contribution in [3.05, 3.63) is 72.1 Å². The maximum atomic E-state index is 12.8. The van der Waals surface area contributed by atoms with Crippen molar-refractivity contribution >= 4 is 11.6 Å². The summed E-state index contributed by atoms with van der Waals surface area (Å²) < 4.78 is 7.92. The molecule has 1 atom stereocenters. The molecule has 1 aromatic heterocycles. The van der Waals surface area contributed by atoms with Crippen molar-refractivity contribution in [2.75, 3.05) is 37.7 Å². The third kappa shape index (κ3) is 6.38. The topological polar surface area (TPSA) is 50.6 Å². The van der Waals surface area contributed by atoms with Crippen LogP contribution in [0.2, 0.25) is 0 Å². The summed E-state index contributed by atoms with van der Waals surface area (Å²) in [4.78, 5) is 17.5. The maximum Gasteiger partial charge on any atom is 0.222 e. The minimum Gasteiger partial charge on any atom is -0.371 e. The zero-order valence-corrected chi connectivity index (χ0v) is 23.1. The Labute approximate surface area is 232 Å². The first kappa shape index (κ1) is 26.1. The lowest BCUT2D eigenvalue weighted by molar-refractivity contribution is -0.132. The Balaban J connectivity index is 1.01. The SMILES string of the molecule is O=C(CCCc1ccccc1)N1CCC(CN2CCCc3cc(-c4cnn(C5CCCCO5)c4)ccc32)CC1. The molecule has 6 rings (SSSR count). The molecule has 6 heteroatoms. The number of fused-ring (bicyclic) bond motifs is 1. The van der Waals surface area contributed by atoms with Crippen molar-refractivity contribution in [3.8, 4) is 11.1 Å². The highest BCUT2D eigenvalue weighted by Crippen LogP contribution is 2.34. The van der Waals surface area contributed by atoms with Gasteiger partial charge in [0.15, 0.2) is 0 Å². The van der Waals surface area contributed by atoms with E-state index >= 15 is 0 Å². The lowest BCUT2D eigenvalue weighted by Crippen LogP contribution is -2.42. The van der Waals surface area contributed by atoms with Gasteiger partial charge in [0.25, 0.3) is 0 Å². The molecule has 3 aromatic rings. The Kier molecular flexibility index (Phi) is 8.29. The van der Waals surface area contributed by atoms with Crippen molar-refractivity contribution in [1.29, 1.82) is 0 Å². The van der Waals surface area contributed by atoms with Gasteiger partial charge in [-0.05, 0) is 92.5 Å². The highest BCUT2D eigenvalue weighted by Gasteiger charge is 2.26. The van der Waals surface area contributed by atoms with Crippen LogP contribution in [-0.4, -0.2) is 53.4 Å². The van der Waals surface area contributed by atoms with Crippen LogP contribution in [0.25, 0.3) is 11.1 Å². The van der Waals surface area contributed by atoms with Crippen molar-refractivity contribution in [2.24, 2.45) is 5.92 Å². The molecule has 0 saturated carbocycles. The summed E-state index contributed by atoms with van der Waals surface area (Å²) in [6, 6.07) is 17.5. The third-order valence-corrected chi connectivity index (χ3v) is 8.82. The van der Waals surface area contributed by atoms with E-state index in [4.69, 9.17) is 4.74 Å². The van der Waals surface area contributed by atoms with Crippen LogP contribution in [0.1, 0.15) is 68.7 Å². The van der Waals surface area contributed by atoms with Gasteiger partial charge in [0.2, 0.25) is 5.91 Å². The number of ether oxygens (including phenoxy) is 1. The van der Waals surface area contributed by atoms with Crippen LogP contribution in [0, 0.1) is 5.92 Å². The Hall–Kier alpha value is -3.12. The Morgan fingerprint density at radius 2 is 1.82 bits per heavy atom. The number of hydrogen-bond donors (Lipinski definition) is 0. The number of carbonyl (C=O) groups is 1. The van der Waals surface area contributed by atoms with Gasteiger partial charge in [-0.3, -0.25) is 4.79 Å². The fourth-order valence-corrected chi connectivity index (χ4v) is 6.54. The molecule has 3 aliphatic heterocycles. The van der Waals surface area contributed by atoms with Crippen LogP contribution >= 0.6 is 0 Å². The molecule has 6 nitrogen and oxygen atoms in total. The Morgan fingerprint density at radius 1 is 0.949 bits per heavy atom. The van der Waals surface area contributed by atoms with E-state index in [2.05, 4.69) is 63.6 Å². The van der Waals surface area contributed by atoms with E-state index in [0.717, 1.165) is 77.7 Å². The summed E-state index contributed by atoms with van der Waals surface area (Å²) in [6.45, 7) is 4.87. The van der Waals surface area contributed by atoms with Crippen molar-refractivity contribution < 1.29 is 9.53 Å². The molecule has 2 fully saturated rings. The summed E-state index contributed by atoms with van der Waals surface area (Å²) >= 11 is 0. The van der Waals surface area contributed by atoms with E-state index in [1.165, 1.54) is 40.8 Å². The van der Waals surface area contributed by atoms with E-state index in [1.807, 2.05) is 16.9 Å². The normalized spacial score (nSPS) is 20.2. The number of aromatic nitrogens is 2. The second-order valence-corrected chi connectivity index (χ2v) is 11.6. The zero-order valence-electron chi connectivity index (χ0n) is 23.1. The number of piperidine rings is 1. The molecule has 0 spiro atoms. The first-order chi connectivity index (χ1) is 19.2. The summed E-state index contributed by atoms with van der Waals surface area (Å²) in [6.07, 6.45) is 14.7. The van der Waals surface area contributed by atoms with Crippen LogP contribution in [-0.2, 0) is 22.4 Å². The fraction of sp³-hybridized carbons (Fsp3) is 0.515. The van der Waals surface area contributed by atoms with Gasteiger partial charge in [-0.25, -0.2) is 4.68 Å². The molecule has 0 radical (unpaired) electrons. The van der Waals surface area contributed by atoms with Crippen LogP contribution in [0.5, 0.6) is 0 Å². The second kappa shape index (κ2) is 12.4. The molecular weight excluding hydrogens is 484 g/mol. The van der Waals surface area contributed by atoms with E-state index in [0.29, 0.717) is 18.2 Å². The molecule has 2 saturated heterocycles. The Morgan fingerprint density at radius 3 is 2.64 bits per heavy atom. The van der Waals surface area contributed by atoms with Gasteiger partial charge in [0.05, 0.1) is 6.20 Å². The molecule has 0 bridgehead atoms. The smallest absolute Gasteiger partial charge is 0.222 e. The maximum absolute atomic E-state index is 12.8. The number of benzene rings is 2. The predicted octanol–water partition coefficient (Wildman–Crippen LogP) is 6.26. The van der Waals surface area contributed by atoms with Crippen LogP contribution in [0.15, 0.2) is 60.9 Å². The van der Waals surface area contributed by atoms with Crippen molar-refractivity contribution in [1.82, 2.24) is 14.7 Å². The largest absolute Gasteiger partial charge is 0.371 e. The standard InChI is InChI=1S/C33H42N4O2/c38-32(12-6-10-26-8-2-1-3-9-26)35-19-16-27(17-20-35)24-36-18-7-11-29-22-28(14-15-31(29)36)30-23-34-37(25-30)33-13-4-5-21-39-33/h1-3,8-9,14-15,22-23,25,27,33H,4-7,10-13,16-21,24H2. The Bertz CT molecular complexity index is 1230. The minimum absolute atomic E-state index is 0.0802. The summed E-state index contributed by atoms with van der Waals surface area (Å²) in [5.41, 5.74) is 6.59. The van der Waals surface area contributed by atoms with Gasteiger partial charge in [-0.15, -0.1) is 0 Å². The van der Waals surface area contributed by atoms with E-state index in [-0.39, 0.29) is 6.23 Å². The summed E-state index contributed by atoms with van der Waals surface area (Å²) in [5, 5.41) is 4.62. The average Bonchev–Trinajstić information content (AvgIpc) is 3.49. The number of carbonyl (C=O) groups excluding carboxylic acids is 1. The number of rotatable bonds is 8. The first-order valence-corrected chi connectivity index (χ1v) is 15.1. The molecule has 206 valence electrons. The quantitative estimate of drug-likeness (QED) is 0.347. The second-order valence-electron chi connectivity index (χ2n) is 11.6. The van der Waals surface area contributed by atoms with E-state index in [9.17, 15) is 4.79 Å². The van der Waals surface area contributed by atoms with Crippen LogP contribution in [0.4, 0.5) is 5.69 Å². The zero-order chi connectivity index (χ0) is 26.4. The number of likely N-dealkylation sites (tertiary alicyclic amines) is 1. The van der Waals surface area contributed by atoms with Crippen LogP contribution < -0.4 is 4.90 Å². The van der Waals surface area contributed by atoms with E-state index < -0.39 is 0 Å². The molecular formula is C33H42N4O2. The molecule has 4 heterocycles. The predicted molar refractivity (Wildman–Crippen MR) is 156 cm³/mol. The molecule has 2 aromatic carbocycles. The van der Waals surface area contributed by atoms with Gasteiger partial charge >= 0.3 is 0 Å². The number of amides is 1. The molecule has 39 heavy (non-hydrogen) atoms. The van der Waals surface area contributed by atoms with Crippen molar-refractivity contribution in [2.45, 2.75) is 70.4 Å². The minimum atomic E-state index is 0.0802. The number of nitrogens with zero attached hydrogens (tertiary/aromatic N) is 4. The highest BCUT2D eigenvalue weighted by atomic mass is 16.5. The van der Waals surface area contributed by atoms with Gasteiger partial charge in [-0.1, -0.05) is 36.4 Å². The lowest BCUT2D eigenvalue weighted by Gasteiger charge is -2.38. The van der Waals surface area contributed by atoms with Gasteiger partial charge < -0.3 is 14.5 Å². The van der Waals surface area contributed by atoms with Crippen LogP contribution in [0.3, 0.4) is 0 Å². The van der Waals surface area contributed by atoms with Gasteiger partial charge in [0, 0.05) is 56.7 Å². The molecule has 1 unspecified atom stereocenters. The third-order valence-electron chi connectivity index (χ3n) is 8.82. The van der Waals surface area contributed by atoms with Gasteiger partial charge in [0.1, 0.15) is 6.23 Å². The monoisotopic (exact) mass is 526 g/mol. The fourth-order valence-electron chi connectivity index (χ4n) is 6.54. The van der Waals surface area contributed by atoms with Gasteiger partial charge in [-0.2, -0.15) is 5.10 Å². The summed E-state index contributed by atoms with van der Waals surface area (Å²) in [5.74, 6) is 0.983. The number of hydrogen-bond acceptors (Lipinski definition) is 4. The van der Waals surface area contributed by atoms with Crippen molar-refractivity contribution in [3.63, 3.8) is 0 Å². The average molecular weight is 527 g/mol. The number of anilines is 1. The molecule has 0 aliphatic carbocycles.